The number of ether oxygens (including phenoxy) is 5. The van der Waals surface area contributed by atoms with Crippen LogP contribution in [0.15, 0.2) is 0 Å². The van der Waals surface area contributed by atoms with E-state index in [1.54, 1.807) is 0 Å². The fourth-order valence-corrected chi connectivity index (χ4v) is 4.01. The molecule has 0 unspecified atom stereocenters. The van der Waals surface area contributed by atoms with E-state index in [1.807, 2.05) is 0 Å². The fourth-order valence-electron chi connectivity index (χ4n) is 4.01. The van der Waals surface area contributed by atoms with Crippen LogP contribution in [-0.2, 0) is 33.4 Å². The number of carbonyl (C=O) groups excluding carboxylic acids is 1. The maximum absolute atomic E-state index is 10.3. The van der Waals surface area contributed by atoms with Gasteiger partial charge in [0.1, 0.15) is 73.8 Å². The second kappa shape index (κ2) is 14.6. The smallest absolute Gasteiger partial charge is 0.296 e. The number of hydrogen-bond donors (Lipinski definition) is 11. The highest BCUT2D eigenvalue weighted by Gasteiger charge is 2.58. The lowest BCUT2D eigenvalue weighted by Gasteiger charge is -2.44. The molecule has 3 saturated heterocycles. The van der Waals surface area contributed by atoms with E-state index in [0.717, 1.165) is 6.92 Å². The Hall–Kier alpha value is -1.21. The standard InChI is InChI=1S/C18H32O16.C2H4O3/c19-1-5-8(22)11(25)13(27)16(31-5)30-3-7-9(23)12(26)14(28)17(32-7)34-18(4-21)15(29)10(24)6(2-20)33-18;1-2(3)5-4/h5-17,19-29H,1-4H2;4H,1H3/p-1/t5-,6-,7-,8+,9-,10-,11+,12+,13-,14-,15+,16+,17-,18+;/m1./s1. The molecular formula is C20H35O19-. The first-order valence-electron chi connectivity index (χ1n) is 11.6. The van der Waals surface area contributed by atoms with E-state index in [4.69, 9.17) is 28.9 Å². The van der Waals surface area contributed by atoms with Gasteiger partial charge in [-0.1, -0.05) is 0 Å². The van der Waals surface area contributed by atoms with E-state index < -0.39 is 118 Å². The van der Waals surface area contributed by atoms with Gasteiger partial charge in [0.25, 0.3) is 5.97 Å². The Bertz CT molecular complexity index is 757. The summed E-state index contributed by atoms with van der Waals surface area (Å²) in [4.78, 5) is 12.1. The summed E-state index contributed by atoms with van der Waals surface area (Å²) >= 11 is 0. The van der Waals surface area contributed by atoms with E-state index in [0.29, 0.717) is 0 Å². The van der Waals surface area contributed by atoms with Crippen LogP contribution in [0, 0.1) is 0 Å². The zero-order chi connectivity index (χ0) is 29.7. The van der Waals surface area contributed by atoms with Gasteiger partial charge in [0, 0.05) is 6.92 Å². The summed E-state index contributed by atoms with van der Waals surface area (Å²) in [5, 5.41) is 118. The maximum Gasteiger partial charge on any atom is 0.296 e. The number of hydrogen-bond acceptors (Lipinski definition) is 19. The molecule has 0 aromatic heterocycles. The minimum Gasteiger partial charge on any atom is -0.662 e. The molecule has 14 atom stereocenters. The molecule has 0 saturated carbocycles. The van der Waals surface area contributed by atoms with E-state index in [2.05, 4.69) is 4.89 Å². The van der Waals surface area contributed by atoms with Crippen LogP contribution in [0.3, 0.4) is 0 Å². The predicted octanol–water partition coefficient (Wildman–Crippen LogP) is -8.75. The van der Waals surface area contributed by atoms with E-state index >= 15 is 0 Å². The molecule has 3 aliphatic rings. The molecule has 3 aliphatic heterocycles. The Kier molecular flexibility index (Phi) is 12.7. The third kappa shape index (κ3) is 7.55. The van der Waals surface area contributed by atoms with Crippen molar-refractivity contribution in [3.63, 3.8) is 0 Å². The number of rotatable bonds is 8. The van der Waals surface area contributed by atoms with Crippen LogP contribution in [0.25, 0.3) is 0 Å². The molecule has 0 aromatic rings. The summed E-state index contributed by atoms with van der Waals surface area (Å²) in [7, 11) is 0. The number of aliphatic hydroxyl groups is 11. The van der Waals surface area contributed by atoms with Crippen molar-refractivity contribution in [2.24, 2.45) is 0 Å². The van der Waals surface area contributed by atoms with Crippen LogP contribution in [0.5, 0.6) is 0 Å². The van der Waals surface area contributed by atoms with Gasteiger partial charge in [-0.3, -0.25) is 4.79 Å². The van der Waals surface area contributed by atoms with Crippen LogP contribution < -0.4 is 5.26 Å². The van der Waals surface area contributed by atoms with Crippen LogP contribution in [0.2, 0.25) is 0 Å². The largest absolute Gasteiger partial charge is 0.662 e. The summed E-state index contributed by atoms with van der Waals surface area (Å²) in [6, 6.07) is 0. The molecule has 39 heavy (non-hydrogen) atoms. The Morgan fingerprint density at radius 3 is 1.69 bits per heavy atom. The van der Waals surface area contributed by atoms with Crippen molar-refractivity contribution in [1.82, 2.24) is 0 Å². The number of aliphatic hydroxyl groups excluding tert-OH is 11. The molecule has 3 rings (SSSR count). The summed E-state index contributed by atoms with van der Waals surface area (Å²) < 4.78 is 26.4. The molecule has 0 radical (unpaired) electrons. The van der Waals surface area contributed by atoms with Gasteiger partial charge in [-0.25, -0.2) is 0 Å². The second-order valence-corrected chi connectivity index (χ2v) is 8.98. The van der Waals surface area contributed by atoms with Crippen molar-refractivity contribution in [2.75, 3.05) is 26.4 Å². The molecule has 19 nitrogen and oxygen atoms in total. The van der Waals surface area contributed by atoms with Crippen molar-refractivity contribution in [3.05, 3.63) is 0 Å². The molecule has 0 bridgehead atoms. The summed E-state index contributed by atoms with van der Waals surface area (Å²) in [6.45, 7) is -2.09. The van der Waals surface area contributed by atoms with Gasteiger partial charge in [-0.05, 0) is 0 Å². The van der Waals surface area contributed by atoms with Crippen LogP contribution in [0.1, 0.15) is 6.92 Å². The molecule has 0 aliphatic carbocycles. The van der Waals surface area contributed by atoms with Gasteiger partial charge < -0.3 is 90.0 Å². The van der Waals surface area contributed by atoms with Gasteiger partial charge in [0.05, 0.1) is 19.8 Å². The van der Waals surface area contributed by atoms with Crippen molar-refractivity contribution in [2.45, 2.75) is 92.4 Å². The highest BCUT2D eigenvalue weighted by Crippen LogP contribution is 2.36. The fraction of sp³-hybridized carbons (Fsp3) is 0.950. The SMILES string of the molecule is CC(=O)O[O-].OC[C@H]1O[C@H](OC[C@H]2O[C@H](O[C@]3(CO)O[C@H](CO)[C@@H](O)[C@@H]3O)[C@H](O)[C@@H](O)[C@@H]2O)[C@H](O)[C@@H](O)[C@H]1O. The van der Waals surface area contributed by atoms with Gasteiger partial charge in [-0.2, -0.15) is 0 Å². The van der Waals surface area contributed by atoms with Crippen LogP contribution >= 0.6 is 0 Å². The molecule has 230 valence electrons. The summed E-state index contributed by atoms with van der Waals surface area (Å²) in [5.74, 6) is -3.16. The van der Waals surface area contributed by atoms with Gasteiger partial charge in [-0.15, -0.1) is 0 Å². The minimum absolute atomic E-state index is 0.634. The molecule has 0 amide bonds. The van der Waals surface area contributed by atoms with E-state index in [1.165, 1.54) is 0 Å². The quantitative estimate of drug-likeness (QED) is 0.0938. The third-order valence-electron chi connectivity index (χ3n) is 6.28. The van der Waals surface area contributed by atoms with Crippen molar-refractivity contribution >= 4 is 5.97 Å². The average molecular weight is 579 g/mol. The van der Waals surface area contributed by atoms with Crippen LogP contribution in [-0.4, -0.2) is 174 Å². The highest BCUT2D eigenvalue weighted by molar-refractivity contribution is 5.64. The first-order valence-corrected chi connectivity index (χ1v) is 11.6. The van der Waals surface area contributed by atoms with Crippen molar-refractivity contribution < 1.29 is 94.8 Å². The molecule has 0 aromatic carbocycles. The first kappa shape index (κ1) is 34.0. The summed E-state index contributed by atoms with van der Waals surface area (Å²) in [6.07, 6.45) is -21.8. The number of carbonyl (C=O) groups is 1. The zero-order valence-electron chi connectivity index (χ0n) is 20.5. The lowest BCUT2D eigenvalue weighted by molar-refractivity contribution is -0.656. The average Bonchev–Trinajstić information content (AvgIpc) is 3.17. The van der Waals surface area contributed by atoms with Gasteiger partial charge >= 0.3 is 0 Å². The summed E-state index contributed by atoms with van der Waals surface area (Å²) in [5.41, 5.74) is 0. The molecule has 19 heteroatoms. The monoisotopic (exact) mass is 579 g/mol. The van der Waals surface area contributed by atoms with E-state index in [-0.39, 0.29) is 0 Å². The predicted molar refractivity (Wildman–Crippen MR) is 113 cm³/mol. The molecule has 3 heterocycles. The molecule has 3 fully saturated rings. The lowest BCUT2D eigenvalue weighted by Crippen LogP contribution is -2.63. The van der Waals surface area contributed by atoms with Gasteiger partial charge in [0.15, 0.2) is 12.6 Å². The Labute approximate surface area is 220 Å². The van der Waals surface area contributed by atoms with Crippen LogP contribution in [0.4, 0.5) is 0 Å². The molecule has 0 spiro atoms. The zero-order valence-corrected chi connectivity index (χ0v) is 20.5. The topological polar surface area (TPSA) is 318 Å². The maximum atomic E-state index is 10.3. The van der Waals surface area contributed by atoms with Crippen molar-refractivity contribution in [1.29, 1.82) is 0 Å². The minimum atomic E-state index is -2.36. The molecular weight excluding hydrogens is 544 g/mol. The Morgan fingerprint density at radius 1 is 0.744 bits per heavy atom. The highest BCUT2D eigenvalue weighted by atomic mass is 17.1. The second-order valence-electron chi connectivity index (χ2n) is 8.98. The Balaban J connectivity index is 0.000000976. The lowest BCUT2D eigenvalue weighted by atomic mass is 9.98. The normalized spacial score (nSPS) is 46.3. The Morgan fingerprint density at radius 2 is 1.23 bits per heavy atom. The first-order chi connectivity index (χ1) is 18.3. The third-order valence-corrected chi connectivity index (χ3v) is 6.28. The van der Waals surface area contributed by atoms with Crippen molar-refractivity contribution in [3.8, 4) is 0 Å². The van der Waals surface area contributed by atoms with Gasteiger partial charge in [0.2, 0.25) is 5.79 Å². The molecule has 11 N–H and O–H groups in total. The van der Waals surface area contributed by atoms with E-state index in [9.17, 15) is 61.0 Å².